The molecule has 7 heteroatoms. The number of carbonyl (C=O) groups is 2. The summed E-state index contributed by atoms with van der Waals surface area (Å²) >= 11 is 0. The number of nitrogens with zero attached hydrogens (tertiary/aromatic N) is 3. The number of esters is 1. The van der Waals surface area contributed by atoms with Crippen molar-refractivity contribution in [3.8, 4) is 5.69 Å². The minimum atomic E-state index is -0.686. The molecule has 1 amide bonds. The normalized spacial score (nSPS) is 10.8. The van der Waals surface area contributed by atoms with Crippen LogP contribution >= 0.6 is 0 Å². The largest absolute Gasteiger partial charge is 0.451 e. The van der Waals surface area contributed by atoms with E-state index in [0.29, 0.717) is 5.69 Å². The number of hydrogen-bond donors (Lipinski definition) is 1. The molecule has 0 atom stereocenters. The van der Waals surface area contributed by atoms with Gasteiger partial charge in [-0.3, -0.25) is 4.79 Å². The molecule has 3 aromatic rings. The fourth-order valence-corrected chi connectivity index (χ4v) is 2.96. The van der Waals surface area contributed by atoms with Crippen LogP contribution in [-0.2, 0) is 9.53 Å². The van der Waals surface area contributed by atoms with Gasteiger partial charge in [0.25, 0.3) is 5.91 Å². The number of nitrogens with one attached hydrogen (secondary N) is 1. The van der Waals surface area contributed by atoms with Crippen LogP contribution in [0.1, 0.15) is 47.1 Å². The molecule has 0 fully saturated rings. The van der Waals surface area contributed by atoms with Crippen LogP contribution in [0.25, 0.3) is 5.69 Å². The molecule has 7 nitrogen and oxygen atoms in total. The summed E-state index contributed by atoms with van der Waals surface area (Å²) in [6.07, 6.45) is 0. The number of para-hydroxylation sites is 2. The quantitative estimate of drug-likeness (QED) is 0.645. The number of carbonyl (C=O) groups excluding carboxylic acids is 2. The van der Waals surface area contributed by atoms with Crippen LogP contribution in [0.4, 0.5) is 5.69 Å². The summed E-state index contributed by atoms with van der Waals surface area (Å²) < 4.78 is 5.17. The van der Waals surface area contributed by atoms with Crippen molar-refractivity contribution in [2.75, 3.05) is 11.9 Å². The van der Waals surface area contributed by atoms with Crippen LogP contribution in [0.2, 0.25) is 0 Å². The van der Waals surface area contributed by atoms with Gasteiger partial charge in [0.05, 0.1) is 11.4 Å². The summed E-state index contributed by atoms with van der Waals surface area (Å²) in [6.45, 7) is 7.32. The molecular formula is C22H24N4O3. The second-order valence-electron chi connectivity index (χ2n) is 7.08. The molecule has 1 N–H and O–H groups in total. The van der Waals surface area contributed by atoms with E-state index in [9.17, 15) is 9.59 Å². The van der Waals surface area contributed by atoms with Crippen LogP contribution in [-0.4, -0.2) is 33.5 Å². The number of anilines is 1. The first-order valence-electron chi connectivity index (χ1n) is 9.42. The van der Waals surface area contributed by atoms with Gasteiger partial charge >= 0.3 is 5.97 Å². The second kappa shape index (κ2) is 8.68. The van der Waals surface area contributed by atoms with Crippen LogP contribution < -0.4 is 5.32 Å². The van der Waals surface area contributed by atoms with Crippen molar-refractivity contribution in [1.82, 2.24) is 15.0 Å². The maximum Gasteiger partial charge on any atom is 0.361 e. The molecule has 29 heavy (non-hydrogen) atoms. The minimum Gasteiger partial charge on any atom is -0.451 e. The van der Waals surface area contributed by atoms with Gasteiger partial charge in [0.2, 0.25) is 0 Å². The molecule has 0 saturated carbocycles. The van der Waals surface area contributed by atoms with Gasteiger partial charge in [0, 0.05) is 5.69 Å². The highest BCUT2D eigenvalue weighted by Crippen LogP contribution is 2.27. The number of hydrogen-bond acceptors (Lipinski definition) is 5. The van der Waals surface area contributed by atoms with Gasteiger partial charge in [-0.25, -0.2) is 4.79 Å². The fraction of sp³-hybridized carbons (Fsp3) is 0.273. The summed E-state index contributed by atoms with van der Waals surface area (Å²) in [4.78, 5) is 26.1. The summed E-state index contributed by atoms with van der Waals surface area (Å²) in [5.41, 5.74) is 3.99. The molecule has 0 saturated heterocycles. The van der Waals surface area contributed by atoms with Crippen molar-refractivity contribution >= 4 is 17.6 Å². The Morgan fingerprint density at radius 1 is 1.03 bits per heavy atom. The number of aromatic nitrogens is 3. The molecule has 3 rings (SSSR count). The maximum absolute atomic E-state index is 12.4. The van der Waals surface area contributed by atoms with E-state index >= 15 is 0 Å². The lowest BCUT2D eigenvalue weighted by atomic mass is 9.98. The van der Waals surface area contributed by atoms with E-state index in [1.807, 2.05) is 55.5 Å². The third-order valence-electron chi connectivity index (χ3n) is 4.49. The van der Waals surface area contributed by atoms with Crippen molar-refractivity contribution in [3.63, 3.8) is 0 Å². The molecule has 1 aromatic heterocycles. The molecule has 0 spiro atoms. The highest BCUT2D eigenvalue weighted by atomic mass is 16.5. The Balaban J connectivity index is 1.66. The Morgan fingerprint density at radius 3 is 2.45 bits per heavy atom. The summed E-state index contributed by atoms with van der Waals surface area (Å²) in [7, 11) is 0. The Morgan fingerprint density at radius 2 is 1.76 bits per heavy atom. The molecule has 0 aliphatic rings. The molecule has 0 aliphatic heterocycles. The zero-order valence-corrected chi connectivity index (χ0v) is 17.0. The molecule has 1 heterocycles. The predicted molar refractivity (Wildman–Crippen MR) is 110 cm³/mol. The van der Waals surface area contributed by atoms with Crippen molar-refractivity contribution in [1.29, 1.82) is 0 Å². The fourth-order valence-electron chi connectivity index (χ4n) is 2.96. The predicted octanol–water partition coefficient (Wildman–Crippen LogP) is 3.80. The molecule has 0 radical (unpaired) electrons. The standard InChI is InChI=1S/C22H24N4O3/c1-14(2)18-12-8-9-15(3)20(18)23-19(27)13-29-22(28)21-16(4)24-26(25-21)17-10-6-5-7-11-17/h5-12,14H,13H2,1-4H3,(H,23,27). The summed E-state index contributed by atoms with van der Waals surface area (Å²) in [6, 6.07) is 15.1. The summed E-state index contributed by atoms with van der Waals surface area (Å²) in [5, 5.41) is 11.3. The van der Waals surface area contributed by atoms with Gasteiger partial charge < -0.3 is 10.1 Å². The van der Waals surface area contributed by atoms with Gasteiger partial charge in [0.15, 0.2) is 12.3 Å². The number of ether oxygens (including phenoxy) is 1. The van der Waals surface area contributed by atoms with Gasteiger partial charge in [-0.15, -0.1) is 5.10 Å². The average Bonchev–Trinajstić information content (AvgIpc) is 3.10. The van der Waals surface area contributed by atoms with Crippen molar-refractivity contribution in [2.24, 2.45) is 0 Å². The van der Waals surface area contributed by atoms with Crippen molar-refractivity contribution in [2.45, 2.75) is 33.6 Å². The first-order valence-corrected chi connectivity index (χ1v) is 9.42. The van der Waals surface area contributed by atoms with E-state index < -0.39 is 18.5 Å². The Bertz CT molecular complexity index is 1030. The van der Waals surface area contributed by atoms with Gasteiger partial charge in [0.1, 0.15) is 0 Å². The van der Waals surface area contributed by atoms with Crippen molar-refractivity contribution < 1.29 is 14.3 Å². The summed E-state index contributed by atoms with van der Waals surface area (Å²) in [5.74, 6) is -0.834. The van der Waals surface area contributed by atoms with E-state index in [1.165, 1.54) is 4.80 Å². The maximum atomic E-state index is 12.4. The number of amides is 1. The van der Waals surface area contributed by atoms with E-state index in [2.05, 4.69) is 29.4 Å². The van der Waals surface area contributed by atoms with Crippen LogP contribution in [0, 0.1) is 13.8 Å². The topological polar surface area (TPSA) is 86.1 Å². The van der Waals surface area contributed by atoms with E-state index in [4.69, 9.17) is 4.74 Å². The first-order chi connectivity index (χ1) is 13.9. The SMILES string of the molecule is Cc1cccc(C(C)C)c1NC(=O)COC(=O)c1nn(-c2ccccc2)nc1C. The molecule has 2 aromatic carbocycles. The number of aryl methyl sites for hydroxylation is 2. The molecule has 150 valence electrons. The van der Waals surface area contributed by atoms with E-state index in [1.54, 1.807) is 6.92 Å². The third-order valence-corrected chi connectivity index (χ3v) is 4.49. The Kier molecular flexibility index (Phi) is 6.07. The first kappa shape index (κ1) is 20.3. The van der Waals surface area contributed by atoms with Gasteiger partial charge in [-0.2, -0.15) is 9.90 Å². The minimum absolute atomic E-state index is 0.0837. The lowest BCUT2D eigenvalue weighted by Gasteiger charge is -2.16. The van der Waals surface area contributed by atoms with Gasteiger partial charge in [-0.1, -0.05) is 50.2 Å². The zero-order valence-electron chi connectivity index (χ0n) is 17.0. The molecule has 0 aliphatic carbocycles. The molecule has 0 bridgehead atoms. The highest BCUT2D eigenvalue weighted by molar-refractivity contribution is 5.96. The van der Waals surface area contributed by atoms with Gasteiger partial charge in [-0.05, 0) is 43.0 Å². The second-order valence-corrected chi connectivity index (χ2v) is 7.08. The molecular weight excluding hydrogens is 368 g/mol. The van der Waals surface area contributed by atoms with E-state index in [0.717, 1.165) is 22.5 Å². The van der Waals surface area contributed by atoms with Crippen molar-refractivity contribution in [3.05, 3.63) is 71.0 Å². The lowest BCUT2D eigenvalue weighted by molar-refractivity contribution is -0.119. The van der Waals surface area contributed by atoms with Crippen LogP contribution in [0.15, 0.2) is 48.5 Å². The Hall–Kier alpha value is -3.48. The number of rotatable bonds is 6. The number of benzene rings is 2. The smallest absolute Gasteiger partial charge is 0.361 e. The molecule has 0 unspecified atom stereocenters. The highest BCUT2D eigenvalue weighted by Gasteiger charge is 2.20. The van der Waals surface area contributed by atoms with E-state index in [-0.39, 0.29) is 11.6 Å². The van der Waals surface area contributed by atoms with Crippen LogP contribution in [0.5, 0.6) is 0 Å². The zero-order chi connectivity index (χ0) is 21.0. The average molecular weight is 392 g/mol. The van der Waals surface area contributed by atoms with Crippen LogP contribution in [0.3, 0.4) is 0 Å². The lowest BCUT2D eigenvalue weighted by Crippen LogP contribution is -2.22. The monoisotopic (exact) mass is 392 g/mol. The Labute approximate surface area is 169 Å². The third kappa shape index (κ3) is 4.68.